The zero-order chi connectivity index (χ0) is 72.1. The maximum absolute atomic E-state index is 14.0. The van der Waals surface area contributed by atoms with Gasteiger partial charge in [-0.15, -0.1) is 0 Å². The van der Waals surface area contributed by atoms with E-state index in [2.05, 4.69) is 37.2 Å². The Morgan fingerprint density at radius 3 is 1.10 bits per heavy atom. The Balaban J connectivity index is 6.43. The minimum absolute atomic E-state index is 0.00390. The van der Waals surface area contributed by atoms with Crippen molar-refractivity contribution in [2.45, 2.75) is 204 Å². The van der Waals surface area contributed by atoms with E-state index in [-0.39, 0.29) is 31.8 Å². The second-order valence-corrected chi connectivity index (χ2v) is 22.2. The summed E-state index contributed by atoms with van der Waals surface area (Å²) in [6.45, 7) is 10.5. The van der Waals surface area contributed by atoms with E-state index >= 15 is 0 Å². The van der Waals surface area contributed by atoms with E-state index in [9.17, 15) is 118 Å². The fraction of sp³-hybridized carbons (Fsp3) is 0.698. The summed E-state index contributed by atoms with van der Waals surface area (Å²) in [4.78, 5) is 196. The lowest BCUT2D eigenvalue weighted by molar-refractivity contribution is -0.146. The fourth-order valence-corrected chi connectivity index (χ4v) is 8.19. The Labute approximate surface area is 533 Å². The molecule has 0 aromatic heterocycles. The van der Waals surface area contributed by atoms with Crippen LogP contribution in [0.2, 0.25) is 0 Å². The number of nitrogens with two attached hydrogens (primary N) is 2. The van der Waals surface area contributed by atoms with E-state index in [1.54, 1.807) is 6.92 Å². The number of hydrogen-bond donors (Lipinski definition) is 25. The van der Waals surface area contributed by atoms with Crippen LogP contribution in [0.15, 0.2) is 0 Å². The van der Waals surface area contributed by atoms with Crippen LogP contribution in [-0.4, -0.2) is 263 Å². The molecule has 0 unspecified atom stereocenters. The molecule has 18 atom stereocenters. The van der Waals surface area contributed by atoms with Crippen molar-refractivity contribution in [1.29, 1.82) is 5.41 Å². The number of hydrogen-bond acceptors (Lipinski definition) is 23. The van der Waals surface area contributed by atoms with Gasteiger partial charge in [-0.2, -0.15) is 0 Å². The highest BCUT2D eigenvalue weighted by atomic mass is 16.4. The largest absolute Gasteiger partial charge is 0.481 e. The van der Waals surface area contributed by atoms with Crippen LogP contribution in [0.1, 0.15) is 101 Å². The van der Waals surface area contributed by atoms with Crippen LogP contribution >= 0.6 is 0 Å². The van der Waals surface area contributed by atoms with E-state index in [4.69, 9.17) is 16.9 Å². The Kier molecular flexibility index (Phi) is 36.9. The van der Waals surface area contributed by atoms with E-state index < -0.39 is 230 Å². The summed E-state index contributed by atoms with van der Waals surface area (Å²) in [6.07, 6.45) is -11.0. The monoisotopic (exact) mass is 1340 g/mol. The minimum Gasteiger partial charge on any atom is -0.481 e. The van der Waals surface area contributed by atoms with E-state index in [1.165, 1.54) is 20.8 Å². The van der Waals surface area contributed by atoms with Gasteiger partial charge in [-0.1, -0.05) is 34.1 Å². The third-order valence-corrected chi connectivity index (χ3v) is 13.8. The van der Waals surface area contributed by atoms with Gasteiger partial charge in [0.05, 0.1) is 56.5 Å². The predicted molar refractivity (Wildman–Crippen MR) is 319 cm³/mol. The first kappa shape index (κ1) is 84.0. The maximum atomic E-state index is 14.0. The molecule has 0 spiro atoms. The fourth-order valence-electron chi connectivity index (χ4n) is 8.19. The number of carboxylic acids is 3. The number of carboxylic acid groups (broad SMARTS) is 3. The van der Waals surface area contributed by atoms with Gasteiger partial charge in [-0.25, -0.2) is 4.79 Å². The molecule has 0 aliphatic heterocycles. The van der Waals surface area contributed by atoms with Gasteiger partial charge in [0, 0.05) is 6.54 Å². The summed E-state index contributed by atoms with van der Waals surface area (Å²) >= 11 is 0. The van der Waals surface area contributed by atoms with Crippen molar-refractivity contribution >= 4 is 94.8 Å². The summed E-state index contributed by atoms with van der Waals surface area (Å²) < 4.78 is 0. The van der Waals surface area contributed by atoms with Crippen molar-refractivity contribution in [1.82, 2.24) is 69.1 Å². The number of nitrogens with one attached hydrogen (secondary N) is 14. The van der Waals surface area contributed by atoms with E-state index in [0.717, 1.165) is 41.5 Å². The molecule has 0 aromatic rings. The number of amides is 12. The van der Waals surface area contributed by atoms with Crippen molar-refractivity contribution in [3.8, 4) is 0 Å². The van der Waals surface area contributed by atoms with Gasteiger partial charge in [0.1, 0.15) is 66.5 Å². The molecule has 528 valence electrons. The van der Waals surface area contributed by atoms with Crippen LogP contribution in [0.3, 0.4) is 0 Å². The number of aliphatic carboxylic acids is 3. The molecule has 12 amide bonds. The summed E-state index contributed by atoms with van der Waals surface area (Å²) in [5, 5.41) is 126. The van der Waals surface area contributed by atoms with E-state index in [1.807, 2.05) is 31.9 Å². The van der Waals surface area contributed by atoms with Crippen LogP contribution in [0.5, 0.6) is 0 Å². The van der Waals surface area contributed by atoms with Crippen LogP contribution < -0.4 is 80.6 Å². The van der Waals surface area contributed by atoms with Crippen molar-refractivity contribution in [2.75, 3.05) is 19.7 Å². The number of aliphatic hydroxyl groups is 6. The molecule has 0 saturated carbocycles. The normalized spacial score (nSPS) is 17.0. The van der Waals surface area contributed by atoms with Gasteiger partial charge in [0.2, 0.25) is 70.9 Å². The lowest BCUT2D eigenvalue weighted by Crippen LogP contribution is -2.64. The summed E-state index contributed by atoms with van der Waals surface area (Å²) in [6, 6.07) is -22.3. The third-order valence-electron chi connectivity index (χ3n) is 13.8. The number of carbonyl (C=O) groups is 15. The zero-order valence-corrected chi connectivity index (χ0v) is 52.9. The van der Waals surface area contributed by atoms with Gasteiger partial charge in [0.15, 0.2) is 12.0 Å². The van der Waals surface area contributed by atoms with Gasteiger partial charge in [-0.3, -0.25) is 72.5 Å². The second-order valence-electron chi connectivity index (χ2n) is 22.2. The Hall–Kier alpha value is -8.96. The van der Waals surface area contributed by atoms with E-state index in [0.29, 0.717) is 0 Å². The van der Waals surface area contributed by atoms with Crippen LogP contribution in [0.25, 0.3) is 0 Å². The Morgan fingerprint density at radius 2 is 0.731 bits per heavy atom. The van der Waals surface area contributed by atoms with Crippen molar-refractivity contribution in [3.05, 3.63) is 0 Å². The maximum Gasteiger partial charge on any atom is 0.328 e. The average molecular weight is 1340 g/mol. The lowest BCUT2D eigenvalue weighted by Gasteiger charge is -2.31. The number of aliphatic hydroxyl groups excluding tert-OH is 6. The third kappa shape index (κ3) is 29.5. The Bertz CT molecular complexity index is 2640. The Morgan fingerprint density at radius 1 is 0.409 bits per heavy atom. The zero-order valence-electron chi connectivity index (χ0n) is 52.9. The SMILES string of the molecule is CC[C@H](C)[C@H](NC(=O)[C@@H](NC(=O)[C@@H](NC(=O)[C@H](CCCNC(=N)N)NC(=O)CN)C(C)C)[C@@H](C)O)C(=O)N[C@H](C(=O)N[C@@H](C)C(=O)N[C@@H](CC(=O)O)C(=O)N[C@H](C(=O)N[C@@H](CO)C(=O)N[C@H](C(=O)N[C@@H](CC(=O)O)C(=O)N[C@H](C(=O)O)[C@@H](C)O)[C@@H](C)O)[C@@H](C)O)[C@@H](C)O. The smallest absolute Gasteiger partial charge is 0.328 e. The molecule has 40 nitrogen and oxygen atoms in total. The molecule has 27 N–H and O–H groups in total. The number of guanidine groups is 1. The first-order valence-electron chi connectivity index (χ1n) is 29.2. The van der Waals surface area contributed by atoms with Crippen LogP contribution in [-0.2, 0) is 71.9 Å². The molecule has 0 bridgehead atoms. The molecule has 0 heterocycles. The van der Waals surface area contributed by atoms with Crippen molar-refractivity contribution in [3.63, 3.8) is 0 Å². The molecule has 0 aliphatic rings. The molecular formula is C53H92N16O24. The predicted octanol–water partition coefficient (Wildman–Crippen LogP) is -11.3. The highest BCUT2D eigenvalue weighted by Crippen LogP contribution is 2.13. The number of carbonyl (C=O) groups excluding carboxylic acids is 12. The molecular weight excluding hydrogens is 1240 g/mol. The highest BCUT2D eigenvalue weighted by molar-refractivity contribution is 6.01. The molecule has 93 heavy (non-hydrogen) atoms. The van der Waals surface area contributed by atoms with Crippen LogP contribution in [0.4, 0.5) is 0 Å². The minimum atomic E-state index is -2.15. The molecule has 0 rings (SSSR count). The second kappa shape index (κ2) is 40.8. The number of rotatable bonds is 42. The molecule has 0 aromatic carbocycles. The standard InChI is InChI=1S/C53H92N16O24/c1-11-20(4)35(64-51(91)39(25(9)74)67-46(86)34(19(2)3)63-42(82)27(59-31(76)17-54)13-12-14-57-53(55)56)47(87)68-36(22(6)71)48(88)58-21(5)41(81)60-28(15-32(77)78)43(83)65-38(24(8)73)50(90)62-30(18-70)45(85)66-37(23(7)72)49(89)61-29(16-33(79)80)44(84)69-40(26(10)75)52(92)93/h19-30,34-40,70-75H,11-18,54H2,1-10H3,(H,58,88)(H,59,76)(H,60,81)(H,61,89)(H,62,90)(H,63,82)(H,64,91)(H,65,83)(H,66,85)(H,67,86)(H,68,87)(H,69,84)(H,77,78)(H,79,80)(H,92,93)(H4,55,56,57)/t20-,21-,22+,23+,24+,25+,26+,27-,28-,29-,30-,34-,35-,36-,37-,38-,39-,40-/m0/s1. The average Bonchev–Trinajstić information content (AvgIpc) is 0.889. The molecule has 0 aliphatic carbocycles. The lowest BCUT2D eigenvalue weighted by atomic mass is 9.96. The molecule has 0 saturated heterocycles. The molecule has 0 radical (unpaired) electrons. The molecule has 0 fully saturated rings. The van der Waals surface area contributed by atoms with Gasteiger partial charge in [-0.05, 0) is 66.2 Å². The summed E-state index contributed by atoms with van der Waals surface area (Å²) in [7, 11) is 0. The highest BCUT2D eigenvalue weighted by Gasteiger charge is 2.41. The van der Waals surface area contributed by atoms with Gasteiger partial charge in [0.25, 0.3) is 0 Å². The topological polar surface area (TPSA) is 670 Å². The first-order chi connectivity index (χ1) is 43.1. The van der Waals surface area contributed by atoms with Crippen molar-refractivity contribution < 1.29 is 118 Å². The summed E-state index contributed by atoms with van der Waals surface area (Å²) in [5.41, 5.74) is 10.7. The van der Waals surface area contributed by atoms with Crippen LogP contribution in [0, 0.1) is 17.2 Å². The molecule has 40 heteroatoms. The van der Waals surface area contributed by atoms with Gasteiger partial charge >= 0.3 is 17.9 Å². The summed E-state index contributed by atoms with van der Waals surface area (Å²) in [5.74, 6) is -21.7. The quantitative estimate of drug-likeness (QED) is 0.0153. The van der Waals surface area contributed by atoms with Crippen molar-refractivity contribution in [2.24, 2.45) is 23.3 Å². The first-order valence-corrected chi connectivity index (χ1v) is 29.2. The van der Waals surface area contributed by atoms with Gasteiger partial charge < -0.3 is 127 Å².